The summed E-state index contributed by atoms with van der Waals surface area (Å²) < 4.78 is 5.35. The molecule has 0 aliphatic carbocycles. The predicted octanol–water partition coefficient (Wildman–Crippen LogP) is 3.89. The predicted molar refractivity (Wildman–Crippen MR) is 105 cm³/mol. The van der Waals surface area contributed by atoms with Crippen LogP contribution in [-0.4, -0.2) is 35.2 Å². The van der Waals surface area contributed by atoms with E-state index in [0.29, 0.717) is 6.54 Å². The zero-order valence-electron chi connectivity index (χ0n) is 15.7. The number of hydrogen-bond acceptors (Lipinski definition) is 3. The average molecular weight is 350 g/mol. The van der Waals surface area contributed by atoms with Crippen molar-refractivity contribution >= 4 is 10.9 Å². The van der Waals surface area contributed by atoms with Gasteiger partial charge in [-0.3, -0.25) is 4.90 Å². The number of β-amino-alcohol motifs (C(OH)–C–C–N with tert-alkyl or cyclic N) is 1. The number of rotatable bonds is 4. The van der Waals surface area contributed by atoms with Crippen molar-refractivity contribution in [3.63, 3.8) is 0 Å². The summed E-state index contributed by atoms with van der Waals surface area (Å²) in [6.07, 6.45) is 0.769. The second-order valence-electron chi connectivity index (χ2n) is 7.45. The van der Waals surface area contributed by atoms with E-state index in [0.717, 1.165) is 41.9 Å². The number of aliphatic hydroxyl groups is 1. The molecular weight excluding hydrogens is 324 g/mol. The Kier molecular flexibility index (Phi) is 4.25. The van der Waals surface area contributed by atoms with Gasteiger partial charge in [0.15, 0.2) is 0 Å². The number of benzene rings is 2. The second-order valence-corrected chi connectivity index (χ2v) is 7.45. The number of nitrogens with zero attached hydrogens (tertiary/aromatic N) is 1. The van der Waals surface area contributed by atoms with E-state index in [1.54, 1.807) is 7.11 Å². The first kappa shape index (κ1) is 17.1. The number of hydrogen-bond donors (Lipinski definition) is 2. The van der Waals surface area contributed by atoms with Gasteiger partial charge in [-0.15, -0.1) is 0 Å². The first-order valence-electron chi connectivity index (χ1n) is 9.16. The fraction of sp³-hybridized carbons (Fsp3) is 0.364. The Morgan fingerprint density at radius 1 is 1.19 bits per heavy atom. The second kappa shape index (κ2) is 6.45. The maximum absolute atomic E-state index is 11.2. The maximum atomic E-state index is 11.2. The number of ether oxygens (including phenoxy) is 1. The van der Waals surface area contributed by atoms with Gasteiger partial charge < -0.3 is 14.8 Å². The van der Waals surface area contributed by atoms with Gasteiger partial charge in [-0.1, -0.05) is 24.3 Å². The van der Waals surface area contributed by atoms with Gasteiger partial charge in [-0.05, 0) is 55.2 Å². The lowest BCUT2D eigenvalue weighted by Gasteiger charge is -2.25. The maximum Gasteiger partial charge on any atom is 0.119 e. The SMILES string of the molecule is COc1ccc2[nH]c(CN3CCC(O)(c4ccccc4C)C3)c(C)c2c1. The molecule has 0 spiro atoms. The van der Waals surface area contributed by atoms with Crippen molar-refractivity contribution in [3.05, 3.63) is 64.8 Å². The smallest absolute Gasteiger partial charge is 0.119 e. The molecule has 0 bridgehead atoms. The van der Waals surface area contributed by atoms with Crippen molar-refractivity contribution in [1.29, 1.82) is 0 Å². The standard InChI is InChI=1S/C22H26N2O2/c1-15-6-4-5-7-19(15)22(25)10-11-24(14-22)13-21-16(2)18-12-17(26-3)8-9-20(18)23-21/h4-9,12,23,25H,10-11,13-14H2,1-3H3. The molecule has 1 fully saturated rings. The molecule has 1 aliphatic heterocycles. The fourth-order valence-electron chi connectivity index (χ4n) is 4.19. The van der Waals surface area contributed by atoms with Gasteiger partial charge in [0.1, 0.15) is 11.4 Å². The summed E-state index contributed by atoms with van der Waals surface area (Å²) in [5, 5.41) is 12.4. The van der Waals surface area contributed by atoms with Crippen molar-refractivity contribution in [2.45, 2.75) is 32.4 Å². The number of methoxy groups -OCH3 is 1. The first-order valence-corrected chi connectivity index (χ1v) is 9.16. The van der Waals surface area contributed by atoms with Gasteiger partial charge in [-0.2, -0.15) is 0 Å². The Bertz CT molecular complexity index is 946. The summed E-state index contributed by atoms with van der Waals surface area (Å²) >= 11 is 0. The third-order valence-electron chi connectivity index (χ3n) is 5.72. The highest BCUT2D eigenvalue weighted by atomic mass is 16.5. The van der Waals surface area contributed by atoms with Crippen LogP contribution in [0.1, 0.15) is 28.8 Å². The van der Waals surface area contributed by atoms with E-state index in [-0.39, 0.29) is 0 Å². The molecule has 3 aromatic rings. The highest BCUT2D eigenvalue weighted by Crippen LogP contribution is 2.35. The summed E-state index contributed by atoms with van der Waals surface area (Å²) in [5.41, 5.74) is 5.06. The summed E-state index contributed by atoms with van der Waals surface area (Å²) in [7, 11) is 1.70. The molecule has 0 saturated carbocycles. The van der Waals surface area contributed by atoms with E-state index in [2.05, 4.69) is 48.0 Å². The van der Waals surface area contributed by atoms with Gasteiger partial charge in [-0.25, -0.2) is 0 Å². The Morgan fingerprint density at radius 2 is 2.00 bits per heavy atom. The lowest BCUT2D eigenvalue weighted by molar-refractivity contribution is 0.0445. The summed E-state index contributed by atoms with van der Waals surface area (Å²) in [4.78, 5) is 5.88. The molecule has 2 heterocycles. The molecule has 0 radical (unpaired) electrons. The molecule has 136 valence electrons. The van der Waals surface area contributed by atoms with Crippen molar-refractivity contribution < 1.29 is 9.84 Å². The zero-order chi connectivity index (χ0) is 18.3. The Labute approximate surface area is 154 Å². The summed E-state index contributed by atoms with van der Waals surface area (Å²) in [6.45, 7) is 6.60. The van der Waals surface area contributed by atoms with Crippen LogP contribution in [0.25, 0.3) is 10.9 Å². The van der Waals surface area contributed by atoms with Gasteiger partial charge in [0.05, 0.1) is 7.11 Å². The van der Waals surface area contributed by atoms with Crippen LogP contribution in [0.4, 0.5) is 0 Å². The van der Waals surface area contributed by atoms with Crippen LogP contribution < -0.4 is 4.74 Å². The summed E-state index contributed by atoms with van der Waals surface area (Å²) in [6, 6.07) is 14.3. The van der Waals surface area contributed by atoms with Crippen molar-refractivity contribution in [3.8, 4) is 5.75 Å². The molecule has 2 aromatic carbocycles. The number of aryl methyl sites for hydroxylation is 2. The third-order valence-corrected chi connectivity index (χ3v) is 5.72. The summed E-state index contributed by atoms with van der Waals surface area (Å²) in [5.74, 6) is 0.876. The molecule has 1 saturated heterocycles. The van der Waals surface area contributed by atoms with Crippen LogP contribution in [-0.2, 0) is 12.1 Å². The minimum atomic E-state index is -0.755. The number of aromatic amines is 1. The molecular formula is C22H26N2O2. The van der Waals surface area contributed by atoms with Crippen molar-refractivity contribution in [2.75, 3.05) is 20.2 Å². The van der Waals surface area contributed by atoms with Gasteiger partial charge in [0.25, 0.3) is 0 Å². The lowest BCUT2D eigenvalue weighted by Crippen LogP contribution is -2.31. The minimum Gasteiger partial charge on any atom is -0.497 e. The molecule has 0 amide bonds. The highest BCUT2D eigenvalue weighted by Gasteiger charge is 2.38. The van der Waals surface area contributed by atoms with Crippen LogP contribution in [0.5, 0.6) is 5.75 Å². The Morgan fingerprint density at radius 3 is 2.77 bits per heavy atom. The molecule has 4 heteroatoms. The molecule has 4 rings (SSSR count). The largest absolute Gasteiger partial charge is 0.497 e. The number of fused-ring (bicyclic) bond motifs is 1. The van der Waals surface area contributed by atoms with E-state index in [9.17, 15) is 5.11 Å². The molecule has 26 heavy (non-hydrogen) atoms. The molecule has 2 N–H and O–H groups in total. The minimum absolute atomic E-state index is 0.663. The Balaban J connectivity index is 1.57. The van der Waals surface area contributed by atoms with Crippen molar-refractivity contribution in [1.82, 2.24) is 9.88 Å². The quantitative estimate of drug-likeness (QED) is 0.750. The van der Waals surface area contributed by atoms with E-state index in [1.165, 1.54) is 16.6 Å². The average Bonchev–Trinajstić information content (AvgIpc) is 3.16. The van der Waals surface area contributed by atoms with Crippen LogP contribution in [0, 0.1) is 13.8 Å². The van der Waals surface area contributed by atoms with Crippen LogP contribution in [0.2, 0.25) is 0 Å². The van der Waals surface area contributed by atoms with E-state index in [1.807, 2.05) is 18.2 Å². The van der Waals surface area contributed by atoms with E-state index < -0.39 is 5.60 Å². The van der Waals surface area contributed by atoms with E-state index in [4.69, 9.17) is 4.74 Å². The molecule has 1 aliphatic rings. The monoisotopic (exact) mass is 350 g/mol. The van der Waals surface area contributed by atoms with Crippen LogP contribution >= 0.6 is 0 Å². The van der Waals surface area contributed by atoms with Crippen LogP contribution in [0.15, 0.2) is 42.5 Å². The van der Waals surface area contributed by atoms with Gasteiger partial charge >= 0.3 is 0 Å². The number of likely N-dealkylation sites (tertiary alicyclic amines) is 1. The Hall–Kier alpha value is -2.30. The highest BCUT2D eigenvalue weighted by molar-refractivity contribution is 5.85. The van der Waals surface area contributed by atoms with Gasteiger partial charge in [0.2, 0.25) is 0 Å². The first-order chi connectivity index (χ1) is 12.5. The molecule has 1 atom stereocenters. The van der Waals surface area contributed by atoms with Crippen molar-refractivity contribution in [2.24, 2.45) is 0 Å². The number of H-pyrrole nitrogens is 1. The normalized spacial score (nSPS) is 20.8. The fourth-order valence-corrected chi connectivity index (χ4v) is 4.19. The lowest BCUT2D eigenvalue weighted by atomic mass is 9.89. The van der Waals surface area contributed by atoms with E-state index >= 15 is 0 Å². The zero-order valence-corrected chi connectivity index (χ0v) is 15.7. The van der Waals surface area contributed by atoms with Gasteiger partial charge in [0, 0.05) is 36.2 Å². The molecule has 1 unspecified atom stereocenters. The topological polar surface area (TPSA) is 48.5 Å². The molecule has 4 nitrogen and oxygen atoms in total. The van der Waals surface area contributed by atoms with Crippen LogP contribution in [0.3, 0.4) is 0 Å². The third kappa shape index (κ3) is 2.89. The number of nitrogens with one attached hydrogen (secondary N) is 1. The number of aromatic nitrogens is 1. The molecule has 1 aromatic heterocycles.